The lowest BCUT2D eigenvalue weighted by Crippen LogP contribution is -1.90. The zero-order valence-corrected chi connectivity index (χ0v) is 11.5. The highest BCUT2D eigenvalue weighted by Crippen LogP contribution is 2.30. The first-order valence-electron chi connectivity index (χ1n) is 4.60. The molecule has 0 spiro atoms. The third kappa shape index (κ3) is 1.90. The van der Waals surface area contributed by atoms with E-state index in [4.69, 9.17) is 5.11 Å². The number of carboxylic acid groups (broad SMARTS) is 1. The van der Waals surface area contributed by atoms with E-state index in [0.717, 1.165) is 15.0 Å². The van der Waals surface area contributed by atoms with Gasteiger partial charge in [-0.25, -0.2) is 9.78 Å². The van der Waals surface area contributed by atoms with Crippen LogP contribution in [-0.4, -0.2) is 20.5 Å². The lowest BCUT2D eigenvalue weighted by atomic mass is 10.4. The number of halogens is 1. The van der Waals surface area contributed by atoms with E-state index in [1.807, 2.05) is 17.6 Å². The van der Waals surface area contributed by atoms with Crippen molar-refractivity contribution in [2.24, 2.45) is 0 Å². The first kappa shape index (κ1) is 10.9. The minimum absolute atomic E-state index is 0.298. The maximum atomic E-state index is 10.8. The van der Waals surface area contributed by atoms with E-state index in [1.165, 1.54) is 11.3 Å². The average Bonchev–Trinajstić information content (AvgIpc) is 2.88. The van der Waals surface area contributed by atoms with Gasteiger partial charge in [0.2, 0.25) is 0 Å². The van der Waals surface area contributed by atoms with Gasteiger partial charge in [0.1, 0.15) is 10.6 Å². The largest absolute Gasteiger partial charge is 0.477 e. The molecule has 0 aliphatic carbocycles. The van der Waals surface area contributed by atoms with Crippen molar-refractivity contribution < 1.29 is 9.90 Å². The molecule has 0 fully saturated rings. The molecule has 86 valence electrons. The normalized spacial score (nSPS) is 11.1. The van der Waals surface area contributed by atoms with Gasteiger partial charge < -0.3 is 5.11 Å². The molecule has 0 aliphatic heterocycles. The Balaban J connectivity index is 2.09. The van der Waals surface area contributed by atoms with E-state index in [-0.39, 0.29) is 0 Å². The molecule has 0 atom stereocenters. The fourth-order valence-corrected chi connectivity index (χ4v) is 3.65. The Morgan fingerprint density at radius 2 is 2.29 bits per heavy atom. The molecule has 4 nitrogen and oxygen atoms in total. The molecule has 3 heterocycles. The third-order valence-electron chi connectivity index (χ3n) is 2.19. The maximum absolute atomic E-state index is 10.8. The SMILES string of the molecule is O=C(O)c1cn2cc(-c3cc(Br)cs3)nc2s1. The molecular formula is C10H5BrN2O2S2. The molecule has 3 aromatic heterocycles. The van der Waals surface area contributed by atoms with Crippen LogP contribution >= 0.6 is 38.6 Å². The second kappa shape index (κ2) is 3.94. The Morgan fingerprint density at radius 1 is 1.47 bits per heavy atom. The number of carboxylic acids is 1. The van der Waals surface area contributed by atoms with Crippen molar-refractivity contribution in [2.75, 3.05) is 0 Å². The van der Waals surface area contributed by atoms with Crippen LogP contribution in [0.3, 0.4) is 0 Å². The number of carbonyl (C=O) groups is 1. The van der Waals surface area contributed by atoms with Crippen molar-refractivity contribution in [2.45, 2.75) is 0 Å². The van der Waals surface area contributed by atoms with Crippen LogP contribution in [0, 0.1) is 0 Å². The van der Waals surface area contributed by atoms with Crippen LogP contribution in [0.25, 0.3) is 15.5 Å². The van der Waals surface area contributed by atoms with E-state index >= 15 is 0 Å². The fourth-order valence-electron chi connectivity index (χ4n) is 1.46. The van der Waals surface area contributed by atoms with E-state index in [2.05, 4.69) is 20.9 Å². The maximum Gasteiger partial charge on any atom is 0.347 e. The summed E-state index contributed by atoms with van der Waals surface area (Å²) in [7, 11) is 0. The molecule has 0 aromatic carbocycles. The van der Waals surface area contributed by atoms with E-state index in [1.54, 1.807) is 21.9 Å². The van der Waals surface area contributed by atoms with E-state index in [0.29, 0.717) is 9.84 Å². The lowest BCUT2D eigenvalue weighted by Gasteiger charge is -1.86. The Labute approximate surface area is 112 Å². The number of aromatic carboxylic acids is 1. The van der Waals surface area contributed by atoms with Crippen LogP contribution in [-0.2, 0) is 0 Å². The third-order valence-corrected chi connectivity index (χ3v) is 4.88. The molecule has 1 N–H and O–H groups in total. The molecule has 17 heavy (non-hydrogen) atoms. The zero-order valence-electron chi connectivity index (χ0n) is 8.25. The highest BCUT2D eigenvalue weighted by atomic mass is 79.9. The first-order chi connectivity index (χ1) is 8.13. The Morgan fingerprint density at radius 3 is 2.88 bits per heavy atom. The predicted molar refractivity (Wildman–Crippen MR) is 71.0 cm³/mol. The van der Waals surface area contributed by atoms with Crippen LogP contribution in [0.5, 0.6) is 0 Å². The Hall–Kier alpha value is -1.18. The van der Waals surface area contributed by atoms with Gasteiger partial charge in [-0.2, -0.15) is 0 Å². The molecule has 0 amide bonds. The summed E-state index contributed by atoms with van der Waals surface area (Å²) < 4.78 is 2.77. The molecule has 0 saturated heterocycles. The summed E-state index contributed by atoms with van der Waals surface area (Å²) >= 11 is 6.17. The van der Waals surface area contributed by atoms with Gasteiger partial charge in [0.25, 0.3) is 0 Å². The molecule has 7 heteroatoms. The van der Waals surface area contributed by atoms with Gasteiger partial charge in [0.15, 0.2) is 4.96 Å². The van der Waals surface area contributed by atoms with Crippen LogP contribution in [0.15, 0.2) is 28.3 Å². The summed E-state index contributed by atoms with van der Waals surface area (Å²) in [6.45, 7) is 0. The van der Waals surface area contributed by atoms with Crippen LogP contribution in [0.2, 0.25) is 0 Å². The highest BCUT2D eigenvalue weighted by molar-refractivity contribution is 9.10. The monoisotopic (exact) mass is 328 g/mol. The summed E-state index contributed by atoms with van der Waals surface area (Å²) in [5.41, 5.74) is 0.865. The smallest absolute Gasteiger partial charge is 0.347 e. The van der Waals surface area contributed by atoms with Gasteiger partial charge in [0.05, 0.1) is 4.88 Å². The molecular weight excluding hydrogens is 324 g/mol. The number of aromatic nitrogens is 2. The summed E-state index contributed by atoms with van der Waals surface area (Å²) in [6, 6.07) is 2.00. The fraction of sp³-hybridized carbons (Fsp3) is 0. The minimum atomic E-state index is -0.916. The number of imidazole rings is 1. The number of thiazole rings is 1. The number of fused-ring (bicyclic) bond motifs is 1. The van der Waals surface area contributed by atoms with E-state index in [9.17, 15) is 4.79 Å². The number of hydrogen-bond donors (Lipinski definition) is 1. The van der Waals surface area contributed by atoms with Gasteiger partial charge in [-0.05, 0) is 22.0 Å². The van der Waals surface area contributed by atoms with Crippen molar-refractivity contribution in [3.63, 3.8) is 0 Å². The summed E-state index contributed by atoms with van der Waals surface area (Å²) in [5, 5.41) is 10.9. The Kier molecular flexibility index (Phi) is 2.53. The summed E-state index contributed by atoms with van der Waals surface area (Å²) in [4.78, 5) is 17.3. The number of hydrogen-bond acceptors (Lipinski definition) is 4. The van der Waals surface area contributed by atoms with Crippen molar-refractivity contribution in [3.05, 3.63) is 33.2 Å². The average molecular weight is 329 g/mol. The van der Waals surface area contributed by atoms with Crippen molar-refractivity contribution in [3.8, 4) is 10.6 Å². The predicted octanol–water partition coefficient (Wildman–Crippen LogP) is 3.59. The van der Waals surface area contributed by atoms with Crippen LogP contribution in [0.4, 0.5) is 0 Å². The standard InChI is InChI=1S/C10H5BrN2O2S2/c11-5-1-7(16-4-5)6-2-13-3-8(9(14)15)17-10(13)12-6/h1-4H,(H,14,15). The number of thiophene rings is 1. The molecule has 0 bridgehead atoms. The van der Waals surface area contributed by atoms with Crippen molar-refractivity contribution >= 4 is 49.5 Å². The molecule has 3 rings (SSSR count). The van der Waals surface area contributed by atoms with Crippen molar-refractivity contribution in [1.29, 1.82) is 0 Å². The second-order valence-corrected chi connectivity index (χ2v) is 6.18. The van der Waals surface area contributed by atoms with Gasteiger partial charge in [-0.1, -0.05) is 11.3 Å². The summed E-state index contributed by atoms with van der Waals surface area (Å²) in [5.74, 6) is -0.916. The van der Waals surface area contributed by atoms with E-state index < -0.39 is 5.97 Å². The van der Waals surface area contributed by atoms with Gasteiger partial charge in [-0.15, -0.1) is 11.3 Å². The molecule has 0 saturated carbocycles. The molecule has 0 unspecified atom stereocenters. The lowest BCUT2D eigenvalue weighted by molar-refractivity contribution is 0.0702. The first-order valence-corrected chi connectivity index (χ1v) is 7.08. The van der Waals surface area contributed by atoms with Gasteiger partial charge in [-0.3, -0.25) is 4.40 Å². The van der Waals surface area contributed by atoms with Crippen LogP contribution < -0.4 is 0 Å². The van der Waals surface area contributed by atoms with Gasteiger partial charge >= 0.3 is 5.97 Å². The van der Waals surface area contributed by atoms with Crippen molar-refractivity contribution in [1.82, 2.24) is 9.38 Å². The molecule has 3 aromatic rings. The molecule has 0 radical (unpaired) electrons. The van der Waals surface area contributed by atoms with Gasteiger partial charge in [0, 0.05) is 22.2 Å². The highest BCUT2D eigenvalue weighted by Gasteiger charge is 2.12. The minimum Gasteiger partial charge on any atom is -0.477 e. The zero-order chi connectivity index (χ0) is 12.0. The molecule has 0 aliphatic rings. The Bertz CT molecular complexity index is 681. The van der Waals surface area contributed by atoms with Crippen LogP contribution in [0.1, 0.15) is 9.67 Å². The number of nitrogens with zero attached hydrogens (tertiary/aromatic N) is 2. The second-order valence-electron chi connectivity index (χ2n) is 3.35. The topological polar surface area (TPSA) is 54.6 Å². The quantitative estimate of drug-likeness (QED) is 0.782. The summed E-state index contributed by atoms with van der Waals surface area (Å²) in [6.07, 6.45) is 3.43. The number of rotatable bonds is 2.